The van der Waals surface area contributed by atoms with Crippen molar-refractivity contribution in [2.45, 2.75) is 71.8 Å². The van der Waals surface area contributed by atoms with E-state index in [2.05, 4.69) is 67.9 Å². The highest BCUT2D eigenvalue weighted by Crippen LogP contribution is 2.37. The predicted octanol–water partition coefficient (Wildman–Crippen LogP) is 4.19. The smallest absolute Gasteiger partial charge is 0.470 e. The van der Waals surface area contributed by atoms with Crippen LogP contribution in [0.4, 0.5) is 5.69 Å². The fraction of sp³-hybridized carbons (Fsp3) is 0.522. The van der Waals surface area contributed by atoms with Crippen molar-refractivity contribution in [1.82, 2.24) is 4.98 Å². The molecule has 0 unspecified atom stereocenters. The Balaban J connectivity index is 1.94. The first-order valence-electron chi connectivity index (χ1n) is 10.2. The molecule has 0 saturated carbocycles. The van der Waals surface area contributed by atoms with Gasteiger partial charge < -0.3 is 18.9 Å². The lowest BCUT2D eigenvalue weighted by Crippen LogP contribution is -2.41. The van der Waals surface area contributed by atoms with Crippen LogP contribution in [0.25, 0.3) is 0 Å². The minimum atomic E-state index is -0.458. The molecule has 0 atom stereocenters. The van der Waals surface area contributed by atoms with Crippen LogP contribution in [0.3, 0.4) is 0 Å². The van der Waals surface area contributed by atoms with E-state index in [4.69, 9.17) is 14.0 Å². The summed E-state index contributed by atoms with van der Waals surface area (Å²) < 4.78 is 18.6. The number of ether oxygens (including phenoxy) is 1. The maximum absolute atomic E-state index is 6.22. The summed E-state index contributed by atoms with van der Waals surface area (Å²) in [7, 11) is 1.59. The van der Waals surface area contributed by atoms with Crippen LogP contribution in [0, 0.1) is 0 Å². The summed E-state index contributed by atoms with van der Waals surface area (Å²) in [6.45, 7) is 15.0. The third-order valence-electron chi connectivity index (χ3n) is 5.46. The molecule has 2 aromatic rings. The van der Waals surface area contributed by atoms with Crippen LogP contribution in [-0.4, -0.2) is 36.0 Å². The Morgan fingerprint density at radius 1 is 1.03 bits per heavy atom. The number of hydrogen-bond acceptors (Lipinski definition) is 5. The third kappa shape index (κ3) is 4.93. The Kier molecular flexibility index (Phi) is 5.72. The number of aromatic nitrogens is 1. The average Bonchev–Trinajstić information content (AvgIpc) is 2.82. The van der Waals surface area contributed by atoms with Crippen molar-refractivity contribution >= 4 is 18.3 Å². The number of anilines is 1. The Bertz CT molecular complexity index is 831. The summed E-state index contributed by atoms with van der Waals surface area (Å²) in [4.78, 5) is 6.79. The lowest BCUT2D eigenvalue weighted by molar-refractivity contribution is 0.00578. The van der Waals surface area contributed by atoms with Gasteiger partial charge in [0, 0.05) is 25.3 Å². The van der Waals surface area contributed by atoms with Gasteiger partial charge in [-0.1, -0.05) is 30.3 Å². The van der Waals surface area contributed by atoms with E-state index in [1.807, 2.05) is 33.9 Å². The van der Waals surface area contributed by atoms with Crippen molar-refractivity contribution in [3.8, 4) is 5.88 Å². The zero-order valence-electron chi connectivity index (χ0n) is 18.9. The predicted molar refractivity (Wildman–Crippen MR) is 119 cm³/mol. The highest BCUT2D eigenvalue weighted by atomic mass is 16.7. The summed E-state index contributed by atoms with van der Waals surface area (Å²) in [6.07, 6.45) is 1.79. The van der Waals surface area contributed by atoms with Gasteiger partial charge in [-0.05, 0) is 60.1 Å². The molecule has 0 bridgehead atoms. The number of pyridine rings is 1. The lowest BCUT2D eigenvalue weighted by Gasteiger charge is -2.32. The van der Waals surface area contributed by atoms with Crippen LogP contribution in [0.5, 0.6) is 5.88 Å². The van der Waals surface area contributed by atoms with E-state index in [0.29, 0.717) is 5.88 Å². The summed E-state index contributed by atoms with van der Waals surface area (Å²) in [5.41, 5.74) is 1.89. The lowest BCUT2D eigenvalue weighted by atomic mass is 9.80. The zero-order valence-corrected chi connectivity index (χ0v) is 18.9. The Morgan fingerprint density at radius 3 is 2.17 bits per heavy atom. The molecule has 1 aliphatic heterocycles. The molecule has 1 aromatic heterocycles. The van der Waals surface area contributed by atoms with Crippen molar-refractivity contribution in [3.63, 3.8) is 0 Å². The average molecular weight is 396 g/mol. The molecular formula is C23H33BN2O3. The molecule has 2 heterocycles. The molecule has 0 aliphatic carbocycles. The van der Waals surface area contributed by atoms with E-state index < -0.39 is 18.3 Å². The molecule has 6 heteroatoms. The maximum atomic E-state index is 6.22. The molecule has 1 saturated heterocycles. The first kappa shape index (κ1) is 21.7. The molecule has 0 amide bonds. The molecule has 1 fully saturated rings. The maximum Gasteiger partial charge on any atom is 0.496 e. The van der Waals surface area contributed by atoms with Gasteiger partial charge in [0.05, 0.1) is 16.9 Å². The minimum Gasteiger partial charge on any atom is -0.470 e. The summed E-state index contributed by atoms with van der Waals surface area (Å²) in [5.74, 6) is 0.608. The van der Waals surface area contributed by atoms with Gasteiger partial charge in [0.25, 0.3) is 0 Å². The Labute approximate surface area is 175 Å². The minimum absolute atomic E-state index is 0.346. The molecule has 0 N–H and O–H groups in total. The first-order valence-corrected chi connectivity index (χ1v) is 10.2. The van der Waals surface area contributed by atoms with Gasteiger partial charge in [-0.15, -0.1) is 0 Å². The molecule has 3 rings (SSSR count). The molecule has 0 radical (unpaired) electrons. The van der Waals surface area contributed by atoms with Gasteiger partial charge in [0.2, 0.25) is 5.88 Å². The molecule has 156 valence electrons. The zero-order chi connectivity index (χ0) is 21.4. The topological polar surface area (TPSA) is 43.8 Å². The first-order chi connectivity index (χ1) is 13.4. The fourth-order valence-corrected chi connectivity index (χ4v) is 3.15. The Hall–Kier alpha value is -2.05. The quantitative estimate of drug-likeness (QED) is 0.709. The van der Waals surface area contributed by atoms with E-state index in [-0.39, 0.29) is 5.60 Å². The normalized spacial score (nSPS) is 18.0. The molecular weight excluding hydrogens is 363 g/mol. The Morgan fingerprint density at radius 2 is 1.62 bits per heavy atom. The third-order valence-corrected chi connectivity index (χ3v) is 5.46. The van der Waals surface area contributed by atoms with Gasteiger partial charge >= 0.3 is 7.12 Å². The summed E-state index contributed by atoms with van der Waals surface area (Å²) >= 11 is 0. The van der Waals surface area contributed by atoms with Gasteiger partial charge in [-0.25, -0.2) is 4.98 Å². The van der Waals surface area contributed by atoms with E-state index in [0.717, 1.165) is 17.7 Å². The van der Waals surface area contributed by atoms with Gasteiger partial charge in [-0.3, -0.25) is 0 Å². The van der Waals surface area contributed by atoms with Crippen molar-refractivity contribution in [2.75, 3.05) is 11.9 Å². The SMILES string of the molecule is CN(Cc1ccccc1)c1cc(B2OC(C)(C)C(C)(C)O2)cnc1OC(C)(C)C. The highest BCUT2D eigenvalue weighted by Gasteiger charge is 2.52. The van der Waals surface area contributed by atoms with Crippen LogP contribution in [-0.2, 0) is 15.9 Å². The summed E-state index contributed by atoms with van der Waals surface area (Å²) in [6, 6.07) is 12.4. The highest BCUT2D eigenvalue weighted by molar-refractivity contribution is 6.62. The van der Waals surface area contributed by atoms with Crippen LogP contribution in [0.15, 0.2) is 42.6 Å². The molecule has 0 spiro atoms. The van der Waals surface area contributed by atoms with Crippen LogP contribution >= 0.6 is 0 Å². The second-order valence-electron chi connectivity index (χ2n) is 9.74. The summed E-state index contributed by atoms with van der Waals surface area (Å²) in [5, 5.41) is 0. The van der Waals surface area contributed by atoms with Crippen molar-refractivity contribution in [3.05, 3.63) is 48.2 Å². The molecule has 29 heavy (non-hydrogen) atoms. The molecule has 1 aromatic carbocycles. The van der Waals surface area contributed by atoms with E-state index in [1.165, 1.54) is 5.56 Å². The number of rotatable bonds is 5. The standard InChI is InChI=1S/C23H33BN2O3/c1-21(2,3)27-20-19(26(8)16-17-12-10-9-11-13-17)14-18(15-25-20)24-28-22(4,5)23(6,7)29-24/h9-15H,16H2,1-8H3. The van der Waals surface area contributed by atoms with Crippen LogP contribution in [0.2, 0.25) is 0 Å². The second-order valence-corrected chi connectivity index (χ2v) is 9.74. The van der Waals surface area contributed by atoms with E-state index in [9.17, 15) is 0 Å². The molecule has 5 nitrogen and oxygen atoms in total. The number of nitrogens with zero attached hydrogens (tertiary/aromatic N) is 2. The van der Waals surface area contributed by atoms with Gasteiger partial charge in [0.15, 0.2) is 0 Å². The van der Waals surface area contributed by atoms with Crippen molar-refractivity contribution < 1.29 is 14.0 Å². The van der Waals surface area contributed by atoms with Crippen molar-refractivity contribution in [2.24, 2.45) is 0 Å². The van der Waals surface area contributed by atoms with Crippen LogP contribution in [0.1, 0.15) is 54.0 Å². The van der Waals surface area contributed by atoms with Crippen LogP contribution < -0.4 is 15.1 Å². The van der Waals surface area contributed by atoms with Gasteiger partial charge in [0.1, 0.15) is 5.60 Å². The van der Waals surface area contributed by atoms with E-state index >= 15 is 0 Å². The van der Waals surface area contributed by atoms with E-state index in [1.54, 1.807) is 6.20 Å². The van der Waals surface area contributed by atoms with Crippen molar-refractivity contribution in [1.29, 1.82) is 0 Å². The monoisotopic (exact) mass is 396 g/mol. The molecule has 1 aliphatic rings. The largest absolute Gasteiger partial charge is 0.496 e. The number of hydrogen-bond donors (Lipinski definition) is 0. The van der Waals surface area contributed by atoms with Gasteiger partial charge in [-0.2, -0.15) is 0 Å². The fourth-order valence-electron chi connectivity index (χ4n) is 3.15. The second kappa shape index (κ2) is 7.65. The number of benzene rings is 1.